The molecule has 16 heteroatoms. The van der Waals surface area contributed by atoms with Crippen LogP contribution >= 0.6 is 0 Å². The number of ether oxygens (including phenoxy) is 1. The molecule has 4 rings (SSSR count). The number of aryl methyl sites for hydroxylation is 1. The van der Waals surface area contributed by atoms with Crippen LogP contribution in [0.25, 0.3) is 10.9 Å². The summed E-state index contributed by atoms with van der Waals surface area (Å²) < 4.78 is 65.0. The van der Waals surface area contributed by atoms with Gasteiger partial charge in [0.15, 0.2) is 5.82 Å². The number of carboxylic acids is 1. The molecule has 0 atom stereocenters. The largest absolute Gasteiger partial charge is 0.490 e. The van der Waals surface area contributed by atoms with Crippen LogP contribution in [0.2, 0.25) is 0 Å². The van der Waals surface area contributed by atoms with Crippen LogP contribution in [0.3, 0.4) is 0 Å². The van der Waals surface area contributed by atoms with Crippen LogP contribution in [0.1, 0.15) is 52.0 Å². The van der Waals surface area contributed by atoms with E-state index in [1.54, 1.807) is 32.9 Å². The van der Waals surface area contributed by atoms with Crippen molar-refractivity contribution in [1.29, 1.82) is 0 Å². The third-order valence-electron chi connectivity index (χ3n) is 6.94. The van der Waals surface area contributed by atoms with E-state index in [4.69, 9.17) is 14.6 Å². The second-order valence-corrected chi connectivity index (χ2v) is 13.7. The van der Waals surface area contributed by atoms with Gasteiger partial charge in [-0.2, -0.15) is 18.2 Å². The van der Waals surface area contributed by atoms with Gasteiger partial charge >= 0.3 is 18.2 Å². The molecule has 1 aliphatic carbocycles. The molecule has 1 aromatic heterocycles. The van der Waals surface area contributed by atoms with Crippen LogP contribution in [-0.2, 0) is 19.6 Å². The molecule has 0 radical (unpaired) electrons. The van der Waals surface area contributed by atoms with Crippen molar-refractivity contribution in [3.05, 3.63) is 54.1 Å². The van der Waals surface area contributed by atoms with Gasteiger partial charge in [0, 0.05) is 18.5 Å². The predicted molar refractivity (Wildman–Crippen MR) is 167 cm³/mol. The van der Waals surface area contributed by atoms with Crippen molar-refractivity contribution in [3.8, 4) is 0 Å². The number of carbonyl (C=O) groups excluding carboxylic acids is 1. The lowest BCUT2D eigenvalue weighted by Crippen LogP contribution is -2.36. The molecular formula is C30H39F3N6O6S. The van der Waals surface area contributed by atoms with Crippen molar-refractivity contribution in [1.82, 2.24) is 20.1 Å². The van der Waals surface area contributed by atoms with Crippen LogP contribution in [0.15, 0.2) is 53.4 Å². The summed E-state index contributed by atoms with van der Waals surface area (Å²) in [4.78, 5) is 30.5. The molecule has 1 heterocycles. The first-order valence-electron chi connectivity index (χ1n) is 14.5. The highest BCUT2D eigenvalue weighted by Gasteiger charge is 2.38. The number of amides is 1. The summed E-state index contributed by atoms with van der Waals surface area (Å²) in [5, 5.41) is 11.2. The summed E-state index contributed by atoms with van der Waals surface area (Å²) in [6.07, 6.45) is -1.80. The molecule has 3 aromatic rings. The Morgan fingerprint density at radius 3 is 2.07 bits per heavy atom. The lowest BCUT2D eigenvalue weighted by atomic mass is 9.82. The molecule has 46 heavy (non-hydrogen) atoms. The summed E-state index contributed by atoms with van der Waals surface area (Å²) >= 11 is 0. The van der Waals surface area contributed by atoms with Crippen molar-refractivity contribution in [2.45, 2.75) is 70.1 Å². The normalized spacial score (nSPS) is 16.9. The summed E-state index contributed by atoms with van der Waals surface area (Å²) in [5.74, 6) is -1.07. The number of benzene rings is 2. The molecular weight excluding hydrogens is 629 g/mol. The van der Waals surface area contributed by atoms with Crippen LogP contribution in [0, 0.1) is 18.8 Å². The zero-order valence-electron chi connectivity index (χ0n) is 25.9. The number of sulfonamides is 1. The highest BCUT2D eigenvalue weighted by Crippen LogP contribution is 2.29. The van der Waals surface area contributed by atoms with Crippen LogP contribution < -0.4 is 20.9 Å². The lowest BCUT2D eigenvalue weighted by molar-refractivity contribution is -0.192. The minimum Gasteiger partial charge on any atom is -0.475 e. The molecule has 1 aliphatic rings. The fourth-order valence-corrected chi connectivity index (χ4v) is 5.68. The number of nitrogens with zero attached hydrogens (tertiary/aromatic N) is 2. The number of alkyl halides is 3. The number of hydrazine groups is 1. The number of halogens is 3. The number of para-hydroxylation sites is 1. The number of aliphatic carboxylic acids is 1. The predicted octanol–water partition coefficient (Wildman–Crippen LogP) is 5.62. The van der Waals surface area contributed by atoms with Gasteiger partial charge in [0.1, 0.15) is 5.60 Å². The van der Waals surface area contributed by atoms with Gasteiger partial charge in [-0.1, -0.05) is 29.8 Å². The van der Waals surface area contributed by atoms with Gasteiger partial charge in [-0.15, -0.1) is 0 Å². The number of hydrogen-bond donors (Lipinski definition) is 5. The van der Waals surface area contributed by atoms with Crippen LogP contribution in [0.5, 0.6) is 0 Å². The Kier molecular flexibility index (Phi) is 12.2. The summed E-state index contributed by atoms with van der Waals surface area (Å²) in [6.45, 7) is 8.48. The van der Waals surface area contributed by atoms with E-state index in [0.29, 0.717) is 41.6 Å². The SMILES string of the molecule is Cc1ccc(S(=O)(=O)NCC2CCC(CNc3nc(NNC(=O)OC(C)(C)C)c4ccccc4n3)CC2)cc1.O=C(O)C(F)(F)F. The highest BCUT2D eigenvalue weighted by atomic mass is 32.2. The number of fused-ring (bicyclic) bond motifs is 1. The second-order valence-electron chi connectivity index (χ2n) is 11.9. The highest BCUT2D eigenvalue weighted by molar-refractivity contribution is 7.89. The van der Waals surface area contributed by atoms with Crippen molar-refractivity contribution < 1.29 is 41.0 Å². The molecule has 0 spiro atoms. The van der Waals surface area contributed by atoms with Gasteiger partial charge in [-0.25, -0.2) is 33.1 Å². The Hall–Kier alpha value is -4.18. The van der Waals surface area contributed by atoms with E-state index in [9.17, 15) is 26.4 Å². The van der Waals surface area contributed by atoms with E-state index < -0.39 is 33.9 Å². The maximum absolute atomic E-state index is 12.6. The molecule has 1 amide bonds. The Bertz CT molecular complexity index is 1590. The maximum Gasteiger partial charge on any atom is 0.490 e. The molecule has 12 nitrogen and oxygen atoms in total. The fraction of sp³-hybridized carbons (Fsp3) is 0.467. The topological polar surface area (TPSA) is 172 Å². The van der Waals surface area contributed by atoms with Gasteiger partial charge in [0.05, 0.1) is 10.4 Å². The fourth-order valence-electron chi connectivity index (χ4n) is 4.57. The van der Waals surface area contributed by atoms with Crippen molar-refractivity contribution in [3.63, 3.8) is 0 Å². The van der Waals surface area contributed by atoms with Crippen molar-refractivity contribution >= 4 is 44.8 Å². The number of nitrogens with one attached hydrogen (secondary N) is 4. The summed E-state index contributed by atoms with van der Waals surface area (Å²) in [6, 6.07) is 14.5. The van der Waals surface area contributed by atoms with E-state index in [-0.39, 0.29) is 0 Å². The Balaban J connectivity index is 0.000000738. The molecule has 1 fully saturated rings. The van der Waals surface area contributed by atoms with E-state index in [1.807, 2.05) is 43.3 Å². The first kappa shape index (κ1) is 36.3. The molecule has 252 valence electrons. The quantitative estimate of drug-likeness (QED) is 0.180. The van der Waals surface area contributed by atoms with Crippen LogP contribution in [-0.4, -0.2) is 60.4 Å². The molecule has 0 bridgehead atoms. The van der Waals surface area contributed by atoms with E-state index in [2.05, 4.69) is 30.9 Å². The van der Waals surface area contributed by atoms with Crippen molar-refractivity contribution in [2.24, 2.45) is 11.8 Å². The van der Waals surface area contributed by atoms with Gasteiger partial charge in [-0.05, 0) is 89.5 Å². The minimum absolute atomic E-state index is 0.302. The molecule has 2 aromatic carbocycles. The monoisotopic (exact) mass is 668 g/mol. The summed E-state index contributed by atoms with van der Waals surface area (Å²) in [7, 11) is -3.50. The van der Waals surface area contributed by atoms with Gasteiger partial charge in [0.25, 0.3) is 0 Å². The van der Waals surface area contributed by atoms with Gasteiger partial charge in [0.2, 0.25) is 16.0 Å². The average Bonchev–Trinajstić information content (AvgIpc) is 2.97. The molecule has 5 N–H and O–H groups in total. The molecule has 1 saturated carbocycles. The standard InChI is InChI=1S/C28H38N6O4S.C2HF3O2/c1-19-9-15-22(16-10-19)39(36,37)30-18-21-13-11-20(12-14-21)17-29-26-31-24-8-6-5-7-23(24)25(32-26)33-34-27(35)38-28(2,3)4;3-2(4,5)1(6)7/h5-10,15-16,20-21,30H,11-14,17-18H2,1-4H3,(H,34,35)(H2,29,31,32,33);(H,6,7). The Morgan fingerprint density at radius 2 is 1.50 bits per heavy atom. The van der Waals surface area contributed by atoms with Crippen molar-refractivity contribution in [2.75, 3.05) is 23.8 Å². The van der Waals surface area contributed by atoms with E-state index in [1.165, 1.54) is 0 Å². The minimum atomic E-state index is -5.08. The number of anilines is 2. The molecule has 0 saturated heterocycles. The third-order valence-corrected chi connectivity index (χ3v) is 8.38. The smallest absolute Gasteiger partial charge is 0.475 e. The Labute approximate surface area is 265 Å². The number of aromatic nitrogens is 2. The Morgan fingerprint density at radius 1 is 0.935 bits per heavy atom. The van der Waals surface area contributed by atoms with E-state index >= 15 is 0 Å². The lowest BCUT2D eigenvalue weighted by Gasteiger charge is -2.28. The third kappa shape index (κ3) is 11.6. The number of carbonyl (C=O) groups is 2. The first-order valence-corrected chi connectivity index (χ1v) is 16.0. The second kappa shape index (κ2) is 15.4. The van der Waals surface area contributed by atoms with Crippen LogP contribution in [0.4, 0.5) is 29.7 Å². The molecule has 0 aliphatic heterocycles. The maximum atomic E-state index is 12.6. The average molecular weight is 669 g/mol. The zero-order chi connectivity index (χ0) is 34.1. The first-order chi connectivity index (χ1) is 21.4. The zero-order valence-corrected chi connectivity index (χ0v) is 26.8. The van der Waals surface area contributed by atoms with E-state index in [0.717, 1.165) is 42.1 Å². The van der Waals surface area contributed by atoms with Gasteiger partial charge in [-0.3, -0.25) is 5.43 Å². The molecule has 0 unspecified atom stereocenters. The number of rotatable bonds is 9. The summed E-state index contributed by atoms with van der Waals surface area (Å²) in [5.41, 5.74) is 6.56. The number of carboxylic acid groups (broad SMARTS) is 1. The number of hydrogen-bond acceptors (Lipinski definition) is 9. The van der Waals surface area contributed by atoms with Gasteiger partial charge < -0.3 is 15.2 Å².